The highest BCUT2D eigenvalue weighted by Crippen LogP contribution is 2.36. The van der Waals surface area contributed by atoms with Crippen molar-refractivity contribution in [3.05, 3.63) is 172 Å². The number of aliphatic hydroxyl groups excluding tert-OH is 1. The maximum Gasteiger partial charge on any atom is 0.142 e. The van der Waals surface area contributed by atoms with Gasteiger partial charge in [0.25, 0.3) is 0 Å². The summed E-state index contributed by atoms with van der Waals surface area (Å²) in [5, 5.41) is 10.4. The second-order valence-corrected chi connectivity index (χ2v) is 10.9. The minimum atomic E-state index is 0.572. The Labute approximate surface area is 255 Å². The predicted octanol–water partition coefficient (Wildman–Crippen LogP) is 7.76. The van der Waals surface area contributed by atoms with Gasteiger partial charge < -0.3 is 10.1 Å². The van der Waals surface area contributed by atoms with Crippen molar-refractivity contribution in [1.29, 1.82) is 0 Å². The normalized spacial score (nSPS) is 18.2. The first kappa shape index (κ1) is 27.0. The first-order chi connectivity index (χ1) is 21.5. The number of allylic oxidation sites excluding steroid dienone is 11. The molecule has 0 aliphatic carbocycles. The lowest BCUT2D eigenvalue weighted by Crippen LogP contribution is -2.02. The molecule has 3 aromatic rings. The summed E-state index contributed by atoms with van der Waals surface area (Å²) in [5.74, 6) is 0. The predicted molar refractivity (Wildman–Crippen MR) is 179 cm³/mol. The number of H-pyrrole nitrogens is 1. The number of carbonyl (C=O) groups excluding carboxylic acids is 1. The summed E-state index contributed by atoms with van der Waals surface area (Å²) >= 11 is 0. The minimum absolute atomic E-state index is 0.572. The number of aliphatic hydroxyl groups is 1. The third-order valence-electron chi connectivity index (χ3n) is 7.91. The molecule has 1 aromatic heterocycles. The van der Waals surface area contributed by atoms with Crippen molar-refractivity contribution in [1.82, 2.24) is 4.98 Å². The van der Waals surface area contributed by atoms with Crippen LogP contribution in [0.4, 0.5) is 0 Å². The highest BCUT2D eigenvalue weighted by molar-refractivity contribution is 6.35. The quantitative estimate of drug-likeness (QED) is 0.190. The molecule has 44 heavy (non-hydrogen) atoms. The fourth-order valence-electron chi connectivity index (χ4n) is 5.67. The molecule has 6 heteroatoms. The van der Waals surface area contributed by atoms with Crippen molar-refractivity contribution < 1.29 is 9.90 Å². The number of hydrogen-bond acceptors (Lipinski definition) is 5. The van der Waals surface area contributed by atoms with Crippen LogP contribution in [0.25, 0.3) is 16.7 Å². The van der Waals surface area contributed by atoms with Gasteiger partial charge in [-0.1, -0.05) is 59.7 Å². The van der Waals surface area contributed by atoms with Crippen LogP contribution in [0.3, 0.4) is 0 Å². The molecule has 0 amide bonds. The number of aryl methyl sites for hydroxylation is 2. The van der Waals surface area contributed by atoms with Crippen molar-refractivity contribution in [2.24, 2.45) is 15.0 Å². The molecule has 0 saturated heterocycles. The van der Waals surface area contributed by atoms with E-state index in [0.717, 1.165) is 80.0 Å². The average molecular weight is 573 g/mol. The molecule has 0 fully saturated rings. The largest absolute Gasteiger partial charge is 0.515 e. The molecule has 7 rings (SSSR count). The molecule has 2 N–H and O–H groups in total. The van der Waals surface area contributed by atoms with Crippen molar-refractivity contribution in [3.63, 3.8) is 0 Å². The van der Waals surface area contributed by atoms with Gasteiger partial charge in [0.15, 0.2) is 0 Å². The van der Waals surface area contributed by atoms with Gasteiger partial charge in [0.2, 0.25) is 0 Å². The molecule has 2 aromatic carbocycles. The lowest BCUT2D eigenvalue weighted by Gasteiger charge is -2.11. The van der Waals surface area contributed by atoms with Crippen molar-refractivity contribution in [2.75, 3.05) is 0 Å². The zero-order valence-electron chi connectivity index (χ0n) is 24.2. The van der Waals surface area contributed by atoms with Gasteiger partial charge in [-0.25, -0.2) is 15.0 Å². The van der Waals surface area contributed by atoms with E-state index in [4.69, 9.17) is 15.0 Å². The van der Waals surface area contributed by atoms with Crippen LogP contribution in [0.2, 0.25) is 0 Å². The first-order valence-corrected chi connectivity index (χ1v) is 14.4. The van der Waals surface area contributed by atoms with E-state index in [2.05, 4.69) is 67.4 Å². The van der Waals surface area contributed by atoms with Crippen molar-refractivity contribution in [3.8, 4) is 0 Å². The number of aldehydes is 1. The van der Waals surface area contributed by atoms with Crippen molar-refractivity contribution >= 4 is 40.1 Å². The first-order valence-electron chi connectivity index (χ1n) is 14.4. The van der Waals surface area contributed by atoms with Crippen LogP contribution in [0.1, 0.15) is 33.6 Å². The molecule has 0 saturated carbocycles. The summed E-state index contributed by atoms with van der Waals surface area (Å²) in [6.07, 6.45) is 16.8. The van der Waals surface area contributed by atoms with Crippen LogP contribution in [-0.2, 0) is 4.79 Å². The zero-order chi connectivity index (χ0) is 30.2. The molecule has 0 radical (unpaired) electrons. The lowest BCUT2D eigenvalue weighted by molar-refractivity contribution is -0.104. The van der Waals surface area contributed by atoms with Crippen LogP contribution in [0.15, 0.2) is 153 Å². The lowest BCUT2D eigenvalue weighted by atomic mass is 9.98. The van der Waals surface area contributed by atoms with Crippen LogP contribution in [0.5, 0.6) is 0 Å². The van der Waals surface area contributed by atoms with Gasteiger partial charge in [-0.15, -0.1) is 0 Å². The molecule has 8 bridgehead atoms. The number of aromatic nitrogens is 1. The molecule has 0 unspecified atom stereocenters. The highest BCUT2D eigenvalue weighted by atomic mass is 16.2. The molecule has 4 aliphatic heterocycles. The van der Waals surface area contributed by atoms with E-state index in [1.807, 2.05) is 48.6 Å². The molecule has 4 aliphatic rings. The molecule has 5 heterocycles. The number of nitrogens with zero attached hydrogens (tertiary/aromatic N) is 3. The van der Waals surface area contributed by atoms with Crippen LogP contribution >= 0.6 is 0 Å². The third kappa shape index (κ3) is 4.82. The van der Waals surface area contributed by atoms with Crippen LogP contribution < -0.4 is 0 Å². The Bertz CT molecular complexity index is 2060. The summed E-state index contributed by atoms with van der Waals surface area (Å²) in [6, 6.07) is 20.5. The van der Waals surface area contributed by atoms with Gasteiger partial charge in [0.1, 0.15) is 6.29 Å². The Morgan fingerprint density at radius 3 is 1.84 bits per heavy atom. The second-order valence-electron chi connectivity index (χ2n) is 10.9. The van der Waals surface area contributed by atoms with E-state index < -0.39 is 0 Å². The average Bonchev–Trinajstić information content (AvgIpc) is 3.86. The molecule has 0 spiro atoms. The van der Waals surface area contributed by atoms with Gasteiger partial charge in [-0.2, -0.15) is 0 Å². The Hall–Kier alpha value is -5.88. The number of rotatable bonds is 4. The van der Waals surface area contributed by atoms with Gasteiger partial charge in [-0.05, 0) is 85.7 Å². The van der Waals surface area contributed by atoms with E-state index in [9.17, 15) is 9.90 Å². The van der Waals surface area contributed by atoms with E-state index in [1.54, 1.807) is 6.08 Å². The standard InChI is InChI=1S/C38H28N4O2/c1-23-5-9-25(10-6-23)37-33-17-13-29(39-33)27(4-3-21-43)30-14-18-34(40-30)38(26-11-7-24(2)8-12-26)36-20-16-32(42-36)28(22-44)31-15-19-35(37)41-31/h3-22,41,44H,1-2H3/b4-3+,28-22-,30-27?,37-33?,38-36?. The Balaban J connectivity index is 1.52. The van der Waals surface area contributed by atoms with Crippen LogP contribution in [0, 0.1) is 13.8 Å². The number of aliphatic imine (C=N–C) groups is 3. The SMILES string of the molecule is Cc1ccc(C2=C3C=CC(=N3)/C(=C\O)c3ccc([nH]3)C(c3ccc(C)cc3)=C3C=CC(=N3)C(/C=C/C=O)=C3C=CC2=N3)cc1. The topological polar surface area (TPSA) is 90.2 Å². The van der Waals surface area contributed by atoms with Gasteiger partial charge in [-0.3, -0.25) is 4.79 Å². The van der Waals surface area contributed by atoms with E-state index in [-0.39, 0.29) is 0 Å². The number of benzene rings is 2. The van der Waals surface area contributed by atoms with E-state index in [0.29, 0.717) is 22.7 Å². The number of hydrogen-bond donors (Lipinski definition) is 2. The fraction of sp³-hybridized carbons (Fsp3) is 0.0526. The highest BCUT2D eigenvalue weighted by Gasteiger charge is 2.24. The van der Waals surface area contributed by atoms with Gasteiger partial charge >= 0.3 is 0 Å². The molecular formula is C38H28N4O2. The molecule has 212 valence electrons. The maximum atomic E-state index is 11.4. The molecule has 6 nitrogen and oxygen atoms in total. The summed E-state index contributed by atoms with van der Waals surface area (Å²) in [6.45, 7) is 4.11. The van der Waals surface area contributed by atoms with E-state index in [1.165, 1.54) is 6.08 Å². The van der Waals surface area contributed by atoms with Gasteiger partial charge in [0.05, 0.1) is 51.8 Å². The minimum Gasteiger partial charge on any atom is -0.515 e. The van der Waals surface area contributed by atoms with Crippen molar-refractivity contribution in [2.45, 2.75) is 13.8 Å². The number of aromatic amines is 1. The second kappa shape index (κ2) is 11.1. The monoisotopic (exact) mass is 572 g/mol. The zero-order valence-corrected chi connectivity index (χ0v) is 24.2. The summed E-state index contributed by atoms with van der Waals surface area (Å²) in [4.78, 5) is 30.1. The number of carbonyl (C=O) groups is 1. The summed E-state index contributed by atoms with van der Waals surface area (Å²) in [5.41, 5.74) is 13.2. The number of nitrogens with one attached hydrogen (secondary N) is 1. The Kier molecular flexibility index (Phi) is 6.79. The Morgan fingerprint density at radius 1 is 0.614 bits per heavy atom. The molecular weight excluding hydrogens is 544 g/mol. The fourth-order valence-corrected chi connectivity index (χ4v) is 5.67. The summed E-state index contributed by atoms with van der Waals surface area (Å²) in [7, 11) is 0. The van der Waals surface area contributed by atoms with E-state index >= 15 is 0 Å². The molecule has 0 atom stereocenters. The smallest absolute Gasteiger partial charge is 0.142 e. The Morgan fingerprint density at radius 2 is 1.16 bits per heavy atom. The summed E-state index contributed by atoms with van der Waals surface area (Å²) < 4.78 is 0. The maximum absolute atomic E-state index is 11.4. The number of fused-ring (bicyclic) bond motifs is 5. The van der Waals surface area contributed by atoms with Gasteiger partial charge in [0, 0.05) is 22.4 Å². The van der Waals surface area contributed by atoms with Crippen LogP contribution in [-0.4, -0.2) is 33.5 Å². The third-order valence-corrected chi connectivity index (χ3v) is 7.91.